The van der Waals surface area contributed by atoms with Crippen LogP contribution >= 0.6 is 11.3 Å². The molecule has 0 saturated carbocycles. The van der Waals surface area contributed by atoms with Crippen LogP contribution in [0.3, 0.4) is 0 Å². The second kappa shape index (κ2) is 4.40. The Morgan fingerprint density at radius 1 is 1.33 bits per heavy atom. The molecule has 1 aromatic heterocycles. The van der Waals surface area contributed by atoms with Gasteiger partial charge in [0, 0.05) is 5.69 Å². The summed E-state index contributed by atoms with van der Waals surface area (Å²) in [5.74, 6) is 0. The summed E-state index contributed by atoms with van der Waals surface area (Å²) in [5, 5.41) is 12.2. The Balaban J connectivity index is 2.07. The lowest BCUT2D eigenvalue weighted by atomic mass is 10.1. The van der Waals surface area contributed by atoms with Crippen molar-refractivity contribution in [1.29, 1.82) is 0 Å². The Kier molecular flexibility index (Phi) is 2.97. The number of benzene rings is 1. The summed E-state index contributed by atoms with van der Waals surface area (Å²) < 4.78 is 0. The molecule has 0 amide bonds. The molecular weight excluding hydrogens is 206 g/mol. The Bertz CT molecular complexity index is 437. The van der Waals surface area contributed by atoms with Crippen molar-refractivity contribution in [2.45, 2.75) is 20.4 Å². The van der Waals surface area contributed by atoms with E-state index in [1.165, 1.54) is 16.8 Å². The van der Waals surface area contributed by atoms with E-state index in [2.05, 4.69) is 47.6 Å². The first-order chi connectivity index (χ1) is 7.25. The normalized spacial score (nSPS) is 10.3. The zero-order chi connectivity index (χ0) is 10.7. The third-order valence-electron chi connectivity index (χ3n) is 2.23. The van der Waals surface area contributed by atoms with Crippen molar-refractivity contribution >= 4 is 17.0 Å². The van der Waals surface area contributed by atoms with Gasteiger partial charge in [0.15, 0.2) is 0 Å². The van der Waals surface area contributed by atoms with Gasteiger partial charge in [0.25, 0.3) is 0 Å². The summed E-state index contributed by atoms with van der Waals surface area (Å²) in [7, 11) is 0. The van der Waals surface area contributed by atoms with Crippen LogP contribution in [0.4, 0.5) is 5.69 Å². The molecule has 0 saturated heterocycles. The molecule has 0 aliphatic rings. The van der Waals surface area contributed by atoms with E-state index in [9.17, 15) is 0 Å². The first kappa shape index (κ1) is 10.1. The molecule has 0 spiro atoms. The van der Waals surface area contributed by atoms with Crippen LogP contribution in [0.5, 0.6) is 0 Å². The van der Waals surface area contributed by atoms with E-state index in [1.807, 2.05) is 0 Å². The molecule has 0 aliphatic carbocycles. The molecule has 0 unspecified atom stereocenters. The Morgan fingerprint density at radius 3 is 2.93 bits per heavy atom. The van der Waals surface area contributed by atoms with Gasteiger partial charge in [-0.2, -0.15) is 0 Å². The van der Waals surface area contributed by atoms with E-state index in [0.29, 0.717) is 0 Å². The van der Waals surface area contributed by atoms with Crippen molar-refractivity contribution in [3.05, 3.63) is 39.8 Å². The smallest absolute Gasteiger partial charge is 0.136 e. The average Bonchev–Trinajstić information content (AvgIpc) is 2.72. The largest absolute Gasteiger partial charge is 0.378 e. The Morgan fingerprint density at radius 2 is 2.20 bits per heavy atom. The monoisotopic (exact) mass is 219 g/mol. The molecular formula is C11H13N3S. The number of nitrogens with one attached hydrogen (secondary N) is 1. The molecule has 0 fully saturated rings. The van der Waals surface area contributed by atoms with Crippen molar-refractivity contribution < 1.29 is 0 Å². The van der Waals surface area contributed by atoms with Gasteiger partial charge in [0.2, 0.25) is 0 Å². The molecule has 15 heavy (non-hydrogen) atoms. The molecule has 0 bridgehead atoms. The van der Waals surface area contributed by atoms with Gasteiger partial charge in [0.1, 0.15) is 10.5 Å². The van der Waals surface area contributed by atoms with Crippen molar-refractivity contribution in [2.75, 3.05) is 5.32 Å². The Labute approximate surface area is 93.2 Å². The predicted octanol–water partition coefficient (Wildman–Crippen LogP) is 2.77. The van der Waals surface area contributed by atoms with Crippen molar-refractivity contribution in [3.8, 4) is 0 Å². The summed E-state index contributed by atoms with van der Waals surface area (Å²) in [6.07, 6.45) is 0. The van der Waals surface area contributed by atoms with E-state index in [-0.39, 0.29) is 0 Å². The predicted molar refractivity (Wildman–Crippen MR) is 63.2 cm³/mol. The van der Waals surface area contributed by atoms with Gasteiger partial charge >= 0.3 is 0 Å². The SMILES string of the molecule is Cc1ccc(C)c(NCc2nncs2)c1. The third-order valence-corrected chi connectivity index (χ3v) is 2.93. The summed E-state index contributed by atoms with van der Waals surface area (Å²) >= 11 is 1.57. The van der Waals surface area contributed by atoms with Gasteiger partial charge in [-0.3, -0.25) is 0 Å². The fourth-order valence-electron chi connectivity index (χ4n) is 1.37. The molecule has 0 radical (unpaired) electrons. The lowest BCUT2D eigenvalue weighted by Crippen LogP contribution is -2.00. The maximum absolute atomic E-state index is 3.99. The van der Waals surface area contributed by atoms with E-state index >= 15 is 0 Å². The summed E-state index contributed by atoms with van der Waals surface area (Å²) in [6, 6.07) is 6.39. The Hall–Kier alpha value is -1.42. The zero-order valence-electron chi connectivity index (χ0n) is 8.82. The second-order valence-electron chi connectivity index (χ2n) is 3.50. The first-order valence-corrected chi connectivity index (χ1v) is 5.70. The molecule has 1 heterocycles. The molecule has 3 nitrogen and oxygen atoms in total. The van der Waals surface area contributed by atoms with E-state index in [4.69, 9.17) is 0 Å². The summed E-state index contributed by atoms with van der Waals surface area (Å²) in [6.45, 7) is 4.94. The fraction of sp³-hybridized carbons (Fsp3) is 0.273. The zero-order valence-corrected chi connectivity index (χ0v) is 9.64. The average molecular weight is 219 g/mol. The minimum absolute atomic E-state index is 0.745. The highest BCUT2D eigenvalue weighted by atomic mass is 32.1. The minimum Gasteiger partial charge on any atom is -0.378 e. The minimum atomic E-state index is 0.745. The number of rotatable bonds is 3. The van der Waals surface area contributed by atoms with Crippen molar-refractivity contribution in [3.63, 3.8) is 0 Å². The topological polar surface area (TPSA) is 37.8 Å². The van der Waals surface area contributed by atoms with Gasteiger partial charge in [-0.05, 0) is 31.0 Å². The molecule has 2 aromatic rings. The highest BCUT2D eigenvalue weighted by Gasteiger charge is 2.00. The third kappa shape index (κ3) is 2.53. The lowest BCUT2D eigenvalue weighted by molar-refractivity contribution is 0.988. The van der Waals surface area contributed by atoms with E-state index in [1.54, 1.807) is 16.8 Å². The van der Waals surface area contributed by atoms with Crippen LogP contribution in [0.2, 0.25) is 0 Å². The van der Waals surface area contributed by atoms with Crippen LogP contribution in [0, 0.1) is 13.8 Å². The van der Waals surface area contributed by atoms with Gasteiger partial charge < -0.3 is 5.32 Å². The number of hydrogen-bond donors (Lipinski definition) is 1. The number of hydrogen-bond acceptors (Lipinski definition) is 4. The van der Waals surface area contributed by atoms with Crippen LogP contribution in [0.25, 0.3) is 0 Å². The highest BCUT2D eigenvalue weighted by Crippen LogP contribution is 2.17. The maximum Gasteiger partial charge on any atom is 0.136 e. The van der Waals surface area contributed by atoms with Crippen molar-refractivity contribution in [2.24, 2.45) is 0 Å². The summed E-state index contributed by atoms with van der Waals surface area (Å²) in [4.78, 5) is 0. The summed E-state index contributed by atoms with van der Waals surface area (Å²) in [5.41, 5.74) is 5.44. The van der Waals surface area contributed by atoms with Crippen LogP contribution in [0.1, 0.15) is 16.1 Å². The maximum atomic E-state index is 3.99. The van der Waals surface area contributed by atoms with Crippen LogP contribution in [-0.2, 0) is 6.54 Å². The number of aromatic nitrogens is 2. The van der Waals surface area contributed by atoms with Crippen LogP contribution in [0.15, 0.2) is 23.7 Å². The first-order valence-electron chi connectivity index (χ1n) is 4.82. The van der Waals surface area contributed by atoms with Gasteiger partial charge in [-0.1, -0.05) is 12.1 Å². The van der Waals surface area contributed by atoms with Gasteiger partial charge in [-0.25, -0.2) is 0 Å². The van der Waals surface area contributed by atoms with Gasteiger partial charge in [-0.15, -0.1) is 21.5 Å². The highest BCUT2D eigenvalue weighted by molar-refractivity contribution is 7.09. The fourth-order valence-corrected chi connectivity index (χ4v) is 1.84. The van der Waals surface area contributed by atoms with Crippen LogP contribution in [-0.4, -0.2) is 10.2 Å². The second-order valence-corrected chi connectivity index (χ2v) is 4.42. The molecule has 0 atom stereocenters. The number of anilines is 1. The van der Waals surface area contributed by atoms with Crippen molar-refractivity contribution in [1.82, 2.24) is 10.2 Å². The molecule has 0 aliphatic heterocycles. The van der Waals surface area contributed by atoms with E-state index < -0.39 is 0 Å². The molecule has 78 valence electrons. The van der Waals surface area contributed by atoms with Gasteiger partial charge in [0.05, 0.1) is 6.54 Å². The molecule has 1 N–H and O–H groups in total. The van der Waals surface area contributed by atoms with E-state index in [0.717, 1.165) is 11.6 Å². The number of aryl methyl sites for hydroxylation is 2. The van der Waals surface area contributed by atoms with Crippen LogP contribution < -0.4 is 5.32 Å². The number of nitrogens with zero attached hydrogens (tertiary/aromatic N) is 2. The molecule has 4 heteroatoms. The standard InChI is InChI=1S/C11H13N3S/c1-8-3-4-9(2)10(5-8)12-6-11-14-13-7-15-11/h3-5,7,12H,6H2,1-2H3. The lowest BCUT2D eigenvalue weighted by Gasteiger charge is -2.08. The molecule has 2 rings (SSSR count). The molecule has 1 aromatic carbocycles. The quantitative estimate of drug-likeness (QED) is 0.862.